The predicted octanol–water partition coefficient (Wildman–Crippen LogP) is 13.8. The standard InChI is InChI=1S/C13H23N2.2C13H26N.C12H21N2O.C12H20NS/c1-9(2)13-11-7-6-8-12(11)15(10(3)4)14(13)5;2*1-10(2)12-7-9-14(11(3)4)8-5-6-13(12)14;1-9(2)11-7-14(10(3)4)12-8-15-6-5-13(11)12;1-8(2)12-10-6-5-7-11(10)13(14-12)9(3)4/h9-10H,6-8H2,1-5H3;2*10-13H,5-9H2,1-4H3;7,9-10H,5-6,8H2,1-4H3;8-9H,5-7H2,1-4H3/q5*+1. The molecule has 10 rings (SSSR count). The Bertz CT molecular complexity index is 2040. The number of hydrogen-bond acceptors (Lipinski definition) is 2. The first-order valence-corrected chi connectivity index (χ1v) is 31.3. The number of hydrogen-bond donors (Lipinski definition) is 0. The van der Waals surface area contributed by atoms with E-state index in [-0.39, 0.29) is 0 Å². The second-order valence-electron chi connectivity index (χ2n) is 27.0. The lowest BCUT2D eigenvalue weighted by atomic mass is 9.87. The van der Waals surface area contributed by atoms with Crippen molar-refractivity contribution in [2.45, 2.75) is 289 Å². The minimum Gasteiger partial charge on any atom is -0.365 e. The van der Waals surface area contributed by atoms with Crippen LogP contribution in [-0.2, 0) is 50.6 Å². The van der Waals surface area contributed by atoms with Crippen molar-refractivity contribution < 1.29 is 26.9 Å². The molecule has 8 nitrogen and oxygen atoms in total. The van der Waals surface area contributed by atoms with Gasteiger partial charge in [0.1, 0.15) is 36.6 Å². The van der Waals surface area contributed by atoms with Gasteiger partial charge in [0.2, 0.25) is 5.69 Å². The third kappa shape index (κ3) is 12.0. The van der Waals surface area contributed by atoms with E-state index in [2.05, 4.69) is 174 Å². The van der Waals surface area contributed by atoms with Gasteiger partial charge in [0.05, 0.1) is 79.6 Å². The first-order valence-electron chi connectivity index (χ1n) is 30.5. The molecule has 7 aliphatic rings. The highest BCUT2D eigenvalue weighted by atomic mass is 32.1. The summed E-state index contributed by atoms with van der Waals surface area (Å²) >= 11 is 1.99. The summed E-state index contributed by atoms with van der Waals surface area (Å²) in [5.74, 6) is 7.07. The zero-order valence-corrected chi connectivity index (χ0v) is 51.9. The van der Waals surface area contributed by atoms with Crippen LogP contribution < -0.4 is 13.2 Å². The maximum absolute atomic E-state index is 5.54. The van der Waals surface area contributed by atoms with E-state index in [1.807, 2.05) is 11.5 Å². The van der Waals surface area contributed by atoms with E-state index in [1.54, 1.807) is 33.1 Å². The van der Waals surface area contributed by atoms with Crippen LogP contribution in [0.15, 0.2) is 6.20 Å². The number of ether oxygens (including phenoxy) is 1. The van der Waals surface area contributed by atoms with Crippen molar-refractivity contribution in [3.63, 3.8) is 0 Å². The molecule has 8 heterocycles. The molecule has 6 unspecified atom stereocenters. The summed E-state index contributed by atoms with van der Waals surface area (Å²) in [6.45, 7) is 55.2. The Balaban J connectivity index is 0.000000147. The Morgan fingerprint density at radius 1 is 0.597 bits per heavy atom. The molecular formula is C63H116N7OS+5. The molecule has 0 aromatic carbocycles. The van der Waals surface area contributed by atoms with Gasteiger partial charge in [0, 0.05) is 79.7 Å². The Labute approximate surface area is 448 Å². The van der Waals surface area contributed by atoms with Crippen LogP contribution in [0, 0.1) is 23.7 Å². The van der Waals surface area contributed by atoms with E-state index in [0.29, 0.717) is 35.9 Å². The highest BCUT2D eigenvalue weighted by Crippen LogP contribution is 2.46. The molecule has 0 N–H and O–H groups in total. The number of nitrogens with zero attached hydrogens (tertiary/aromatic N) is 7. The number of fused-ring (bicyclic) bond motifs is 5. The van der Waals surface area contributed by atoms with Gasteiger partial charge in [-0.15, -0.1) is 8.64 Å². The van der Waals surface area contributed by atoms with E-state index in [4.69, 9.17) is 4.74 Å². The van der Waals surface area contributed by atoms with Crippen molar-refractivity contribution in [2.24, 2.45) is 30.7 Å². The summed E-state index contributed by atoms with van der Waals surface area (Å²) in [7, 11) is 2.22. The first kappa shape index (κ1) is 59.2. The zero-order valence-electron chi connectivity index (χ0n) is 51.0. The molecule has 72 heavy (non-hydrogen) atoms. The van der Waals surface area contributed by atoms with Gasteiger partial charge in [-0.1, -0.05) is 69.2 Å². The van der Waals surface area contributed by atoms with Crippen LogP contribution >= 0.6 is 11.5 Å². The van der Waals surface area contributed by atoms with Crippen LogP contribution in [0.4, 0.5) is 0 Å². The molecular weight excluding hydrogens is 903 g/mol. The van der Waals surface area contributed by atoms with Crippen molar-refractivity contribution in [3.05, 3.63) is 50.8 Å². The van der Waals surface area contributed by atoms with Gasteiger partial charge in [-0.2, -0.15) is 4.68 Å². The summed E-state index contributed by atoms with van der Waals surface area (Å²) in [5, 5.41) is 0. The maximum atomic E-state index is 5.54. The van der Waals surface area contributed by atoms with Gasteiger partial charge in [-0.05, 0) is 119 Å². The maximum Gasteiger partial charge on any atom is 0.283 e. The average molecular weight is 1020 g/mol. The van der Waals surface area contributed by atoms with Crippen molar-refractivity contribution in [3.8, 4) is 0 Å². The Kier molecular flexibility index (Phi) is 20.5. The summed E-state index contributed by atoms with van der Waals surface area (Å²) < 4.78 is 20.6. The van der Waals surface area contributed by atoms with Crippen LogP contribution in [0.1, 0.15) is 270 Å². The van der Waals surface area contributed by atoms with E-state index >= 15 is 0 Å². The lowest BCUT2D eigenvalue weighted by molar-refractivity contribution is -0.948. The largest absolute Gasteiger partial charge is 0.365 e. The average Bonchev–Trinajstić information content (AvgIpc) is 4.14. The summed E-state index contributed by atoms with van der Waals surface area (Å²) in [6, 6.07) is 5.46. The molecule has 4 fully saturated rings. The van der Waals surface area contributed by atoms with Gasteiger partial charge in [0.15, 0.2) is 18.8 Å². The zero-order chi connectivity index (χ0) is 53.1. The molecule has 9 heteroatoms. The van der Waals surface area contributed by atoms with Crippen LogP contribution in [0.5, 0.6) is 0 Å². The smallest absolute Gasteiger partial charge is 0.283 e. The van der Waals surface area contributed by atoms with Crippen molar-refractivity contribution >= 4 is 11.5 Å². The number of quaternary nitrogens is 2. The fourth-order valence-corrected chi connectivity index (χ4v) is 17.2. The molecule has 0 spiro atoms. The highest BCUT2D eigenvalue weighted by molar-refractivity contribution is 7.02. The van der Waals surface area contributed by atoms with Gasteiger partial charge in [0.25, 0.3) is 5.82 Å². The second kappa shape index (κ2) is 24.9. The van der Waals surface area contributed by atoms with Gasteiger partial charge < -0.3 is 13.7 Å². The summed E-state index contributed by atoms with van der Waals surface area (Å²) in [6.07, 6.45) is 19.1. The highest BCUT2D eigenvalue weighted by Gasteiger charge is 2.54. The van der Waals surface area contributed by atoms with E-state index in [0.717, 1.165) is 67.6 Å². The third-order valence-corrected chi connectivity index (χ3v) is 21.2. The Morgan fingerprint density at radius 3 is 1.60 bits per heavy atom. The van der Waals surface area contributed by atoms with Crippen molar-refractivity contribution in [2.75, 3.05) is 32.8 Å². The molecule has 2 aliphatic carbocycles. The lowest BCUT2D eigenvalue weighted by Gasteiger charge is -2.40. The Morgan fingerprint density at radius 2 is 1.14 bits per heavy atom. The summed E-state index contributed by atoms with van der Waals surface area (Å²) in [4.78, 5) is 1.63. The first-order chi connectivity index (χ1) is 33.9. The third-order valence-electron chi connectivity index (χ3n) is 19.4. The topological polar surface area (TPSA) is 30.7 Å². The van der Waals surface area contributed by atoms with Crippen LogP contribution in [-0.4, -0.2) is 75.2 Å². The van der Waals surface area contributed by atoms with Gasteiger partial charge in [-0.3, -0.25) is 0 Å². The minimum atomic E-state index is 0.514. The molecule has 5 aliphatic heterocycles. The van der Waals surface area contributed by atoms with Crippen LogP contribution in [0.2, 0.25) is 0 Å². The summed E-state index contributed by atoms with van der Waals surface area (Å²) in [5.41, 5.74) is 9.53. The molecule has 0 amide bonds. The predicted molar refractivity (Wildman–Crippen MR) is 304 cm³/mol. The molecule has 4 saturated heterocycles. The van der Waals surface area contributed by atoms with Gasteiger partial charge >= 0.3 is 0 Å². The fraction of sp³-hybridized carbons (Fsp3) is 0.857. The second-order valence-corrected chi connectivity index (χ2v) is 28.0. The van der Waals surface area contributed by atoms with E-state index in [9.17, 15) is 0 Å². The lowest BCUT2D eigenvalue weighted by Crippen LogP contribution is -2.54. The minimum absolute atomic E-state index is 0.514. The number of aromatic nitrogens is 5. The number of imidazole rings is 1. The van der Waals surface area contributed by atoms with E-state index in [1.165, 1.54) is 124 Å². The van der Waals surface area contributed by atoms with Crippen molar-refractivity contribution in [1.82, 2.24) is 9.25 Å². The van der Waals surface area contributed by atoms with Crippen molar-refractivity contribution in [1.29, 1.82) is 0 Å². The Hall–Kier alpha value is -2.07. The molecule has 0 saturated carbocycles. The molecule has 3 aromatic rings. The fourth-order valence-electron chi connectivity index (χ4n) is 16.0. The molecule has 3 aromatic heterocycles. The SMILES string of the molecule is CC(C)C1CC[N+]2(C(C)C)CCCC12.CC(C)C1CC[N+]2(C(C)C)CCCC12.CC(C)c1c2c(n(C(C)C)[n+]1C)CCC2.CC(C)c1c[n+](C(C)C)c2n1CCOC2.CC(C)c1s[n+](C(C)C)c2c1CCC2. The molecule has 0 bridgehead atoms. The quantitative estimate of drug-likeness (QED) is 0.147. The van der Waals surface area contributed by atoms with E-state index < -0.39 is 0 Å². The molecule has 6 atom stereocenters. The monoisotopic (exact) mass is 1020 g/mol. The molecule has 410 valence electrons. The van der Waals surface area contributed by atoms with Crippen LogP contribution in [0.25, 0.3) is 0 Å². The molecule has 0 radical (unpaired) electrons. The normalized spacial score (nSPS) is 26.1. The van der Waals surface area contributed by atoms with Crippen LogP contribution in [0.3, 0.4) is 0 Å². The van der Waals surface area contributed by atoms with Gasteiger partial charge in [-0.25, -0.2) is 9.13 Å². The number of rotatable bonds is 10.